The summed E-state index contributed by atoms with van der Waals surface area (Å²) in [5.74, 6) is -8.41. The molecule has 17 nitrogen and oxygen atoms in total. The van der Waals surface area contributed by atoms with Crippen LogP contribution in [0.25, 0.3) is 0 Å². The quantitative estimate of drug-likeness (QED) is 0.0735. The van der Waals surface area contributed by atoms with Crippen LogP contribution in [-0.2, 0) is 43.7 Å². The average molecular weight is 819 g/mol. The molecule has 3 heterocycles. The number of nitrogens with zero attached hydrogens (tertiary/aromatic N) is 3. The van der Waals surface area contributed by atoms with Gasteiger partial charge in [0, 0.05) is 18.4 Å². The van der Waals surface area contributed by atoms with Crippen molar-refractivity contribution in [3.05, 3.63) is 52.6 Å². The largest absolute Gasteiger partial charge is 0.547 e. The van der Waals surface area contributed by atoms with E-state index in [-0.39, 0.29) is 58.4 Å². The van der Waals surface area contributed by atoms with Gasteiger partial charge in [0.15, 0.2) is 16.7 Å². The summed E-state index contributed by atoms with van der Waals surface area (Å²) < 4.78 is 45.0. The van der Waals surface area contributed by atoms with E-state index >= 15 is 4.39 Å². The van der Waals surface area contributed by atoms with Gasteiger partial charge in [-0.3, -0.25) is 14.4 Å². The SMILES string of the molecule is CCCC(=O)OCOC(=O)c1c(F)c(OC(=O)c2c(Sc3nncn3C)ccc3c2OB(O)[C@@H](NC(=O)CSC)C3)cc2c1OB(O)[C@@H](NC(=O)CSC)C2. The Balaban J connectivity index is 1.54. The molecule has 5 rings (SSSR count). The van der Waals surface area contributed by atoms with Crippen molar-refractivity contribution in [2.24, 2.45) is 7.05 Å². The Hall–Kier alpha value is -4.44. The maximum Gasteiger partial charge on any atom is 0.547 e. The molecule has 0 saturated carbocycles. The molecule has 2 atom stereocenters. The van der Waals surface area contributed by atoms with Gasteiger partial charge >= 0.3 is 32.1 Å². The molecule has 0 unspecified atom stereocenters. The number of hydrogen-bond acceptors (Lipinski definition) is 17. The summed E-state index contributed by atoms with van der Waals surface area (Å²) in [5.41, 5.74) is -0.651. The van der Waals surface area contributed by atoms with E-state index in [0.717, 1.165) is 17.8 Å². The molecule has 0 bridgehead atoms. The molecular weight excluding hydrogens is 783 g/mol. The van der Waals surface area contributed by atoms with E-state index in [2.05, 4.69) is 20.8 Å². The zero-order chi connectivity index (χ0) is 39.8. The highest BCUT2D eigenvalue weighted by molar-refractivity contribution is 7.99. The molecule has 1 aromatic heterocycles. The fraction of sp³-hybridized carbons (Fsp3) is 0.406. The van der Waals surface area contributed by atoms with Crippen LogP contribution in [0.2, 0.25) is 0 Å². The van der Waals surface area contributed by atoms with Crippen molar-refractivity contribution >= 4 is 79.2 Å². The van der Waals surface area contributed by atoms with E-state index in [9.17, 15) is 34.0 Å². The Morgan fingerprint density at radius 3 is 2.15 bits per heavy atom. The minimum Gasteiger partial charge on any atom is -0.534 e. The number of benzene rings is 2. The molecule has 3 aromatic rings. The third-order valence-corrected chi connectivity index (χ3v) is 10.3. The van der Waals surface area contributed by atoms with Crippen LogP contribution in [-0.4, -0.2) is 111 Å². The number of aromatic nitrogens is 3. The molecule has 4 N–H and O–H groups in total. The number of thioether (sulfide) groups is 2. The summed E-state index contributed by atoms with van der Waals surface area (Å²) in [6, 6.07) is 4.29. The Morgan fingerprint density at radius 2 is 1.56 bits per heavy atom. The second-order valence-electron chi connectivity index (χ2n) is 12.1. The van der Waals surface area contributed by atoms with Crippen molar-refractivity contribution in [1.29, 1.82) is 0 Å². The number of rotatable bonds is 15. The first kappa shape index (κ1) is 41.7. The number of amides is 2. The third-order valence-electron chi connectivity index (χ3n) is 8.10. The number of nitrogens with one attached hydrogen (secondary N) is 2. The second kappa shape index (κ2) is 18.9. The topological polar surface area (TPSA) is 227 Å². The number of halogens is 1. The molecule has 2 aliphatic rings. The van der Waals surface area contributed by atoms with Gasteiger partial charge in [-0.05, 0) is 66.8 Å². The van der Waals surface area contributed by atoms with Crippen molar-refractivity contribution in [1.82, 2.24) is 25.4 Å². The minimum atomic E-state index is -1.71. The lowest BCUT2D eigenvalue weighted by Crippen LogP contribution is -2.53. The lowest BCUT2D eigenvalue weighted by Gasteiger charge is -2.30. The zero-order valence-electron chi connectivity index (χ0n) is 30.0. The molecule has 2 amide bonds. The third kappa shape index (κ3) is 10.1. The maximum absolute atomic E-state index is 16.5. The van der Waals surface area contributed by atoms with Crippen LogP contribution in [0.1, 0.15) is 51.6 Å². The second-order valence-corrected chi connectivity index (χ2v) is 14.9. The van der Waals surface area contributed by atoms with Gasteiger partial charge in [0.25, 0.3) is 0 Å². The summed E-state index contributed by atoms with van der Waals surface area (Å²) in [4.78, 5) is 64.4. The Kier molecular flexibility index (Phi) is 14.4. The molecule has 0 spiro atoms. The number of esters is 3. The summed E-state index contributed by atoms with van der Waals surface area (Å²) in [7, 11) is -1.63. The highest BCUT2D eigenvalue weighted by Crippen LogP contribution is 2.42. The number of ether oxygens (including phenoxy) is 3. The van der Waals surface area contributed by atoms with Crippen molar-refractivity contribution < 1.29 is 61.9 Å². The molecule has 2 aromatic carbocycles. The van der Waals surface area contributed by atoms with E-state index < -0.39 is 79.6 Å². The van der Waals surface area contributed by atoms with Crippen molar-refractivity contribution in [3.8, 4) is 17.2 Å². The van der Waals surface area contributed by atoms with E-state index in [1.165, 1.54) is 29.9 Å². The van der Waals surface area contributed by atoms with Crippen molar-refractivity contribution in [2.75, 3.05) is 30.8 Å². The average Bonchev–Trinajstić information content (AvgIpc) is 3.53. The lowest BCUT2D eigenvalue weighted by atomic mass is 9.72. The molecule has 0 saturated heterocycles. The molecule has 0 aliphatic carbocycles. The van der Waals surface area contributed by atoms with Gasteiger partial charge in [-0.1, -0.05) is 13.0 Å². The fourth-order valence-electron chi connectivity index (χ4n) is 5.59. The van der Waals surface area contributed by atoms with Crippen molar-refractivity contribution in [2.45, 2.75) is 54.5 Å². The maximum atomic E-state index is 16.5. The van der Waals surface area contributed by atoms with Gasteiger partial charge in [0.1, 0.15) is 29.0 Å². The lowest BCUT2D eigenvalue weighted by molar-refractivity contribution is -0.152. The highest BCUT2D eigenvalue weighted by atomic mass is 32.2. The minimum absolute atomic E-state index is 0.0415. The summed E-state index contributed by atoms with van der Waals surface area (Å²) in [6.07, 6.45) is 5.26. The molecule has 0 radical (unpaired) electrons. The van der Waals surface area contributed by atoms with E-state index in [0.29, 0.717) is 17.1 Å². The van der Waals surface area contributed by atoms with E-state index in [1.807, 2.05) is 0 Å². The number of aryl methyl sites for hydroxylation is 1. The molecule has 292 valence electrons. The first-order valence-electron chi connectivity index (χ1n) is 16.7. The number of carbonyl (C=O) groups excluding carboxylic acids is 5. The first-order chi connectivity index (χ1) is 26.3. The predicted molar refractivity (Wildman–Crippen MR) is 199 cm³/mol. The summed E-state index contributed by atoms with van der Waals surface area (Å²) in [6.45, 7) is 0.866. The molecule has 0 fully saturated rings. The molecule has 55 heavy (non-hydrogen) atoms. The fourth-order valence-corrected chi connectivity index (χ4v) is 7.17. The van der Waals surface area contributed by atoms with Crippen molar-refractivity contribution in [3.63, 3.8) is 0 Å². The Morgan fingerprint density at radius 1 is 0.945 bits per heavy atom. The Bertz CT molecular complexity index is 1960. The van der Waals surface area contributed by atoms with Gasteiger partial charge in [-0.2, -0.15) is 23.5 Å². The molecule has 23 heteroatoms. The normalized spacial score (nSPS) is 15.8. The predicted octanol–water partition coefficient (Wildman–Crippen LogP) is 1.39. The Labute approximate surface area is 327 Å². The van der Waals surface area contributed by atoms with E-state index in [4.69, 9.17) is 23.5 Å². The highest BCUT2D eigenvalue weighted by Gasteiger charge is 2.42. The standard InChI is InChI=1S/C32H36B2FN5O12S3/c1-5-6-24(43)48-15-49-30(44)26-27(35)18(9-17-11-21(34(47)52-29(17)26)38-23(42)13-54-4)50-31(45)25-19(55-32-39-36-14-40(32)2)8-7-16-10-20(33(46)51-28(16)25)37-22(41)12-53-3/h7-9,14,20-21,46-47H,5-6,10-13,15H2,1-4H3,(H,37,41)(H,38,42)/t20-,21-/m0/s1. The molecule has 2 aliphatic heterocycles. The zero-order valence-corrected chi connectivity index (χ0v) is 32.4. The van der Waals surface area contributed by atoms with Crippen LogP contribution in [0.4, 0.5) is 4.39 Å². The smallest absolute Gasteiger partial charge is 0.534 e. The number of carbonyl (C=O) groups is 5. The van der Waals surface area contributed by atoms with Gasteiger partial charge < -0.3 is 48.8 Å². The van der Waals surface area contributed by atoms with Gasteiger partial charge in [0.2, 0.25) is 18.6 Å². The van der Waals surface area contributed by atoms with Crippen LogP contribution in [0.15, 0.2) is 34.6 Å². The van der Waals surface area contributed by atoms with Crippen LogP contribution < -0.4 is 24.7 Å². The van der Waals surface area contributed by atoms with Crippen LogP contribution in [0.5, 0.6) is 17.2 Å². The number of fused-ring (bicyclic) bond motifs is 2. The summed E-state index contributed by atoms with van der Waals surface area (Å²) >= 11 is 3.52. The summed E-state index contributed by atoms with van der Waals surface area (Å²) in [5, 5.41) is 35.2. The monoisotopic (exact) mass is 819 g/mol. The van der Waals surface area contributed by atoms with E-state index in [1.54, 1.807) is 43.2 Å². The first-order valence-corrected chi connectivity index (χ1v) is 20.3. The van der Waals surface area contributed by atoms with Gasteiger partial charge in [-0.25, -0.2) is 14.0 Å². The van der Waals surface area contributed by atoms with Gasteiger partial charge in [-0.15, -0.1) is 10.2 Å². The van der Waals surface area contributed by atoms with Crippen LogP contribution in [0, 0.1) is 5.82 Å². The molecular formula is C32H36B2FN5O12S3. The van der Waals surface area contributed by atoms with Crippen LogP contribution in [0.3, 0.4) is 0 Å². The van der Waals surface area contributed by atoms with Crippen LogP contribution >= 0.6 is 35.3 Å². The van der Waals surface area contributed by atoms with Gasteiger partial charge in [0.05, 0.1) is 23.4 Å². The number of hydrogen-bond donors (Lipinski definition) is 4.